The van der Waals surface area contributed by atoms with Gasteiger partial charge in [-0.25, -0.2) is 4.68 Å². The summed E-state index contributed by atoms with van der Waals surface area (Å²) in [5.74, 6) is 2.20. The molecule has 0 bridgehead atoms. The fraction of sp³-hybridized carbons (Fsp3) is 0.318. The van der Waals surface area contributed by atoms with Gasteiger partial charge in [0, 0.05) is 23.2 Å². The summed E-state index contributed by atoms with van der Waals surface area (Å²) >= 11 is 0. The minimum absolute atomic E-state index is 0.350. The highest BCUT2D eigenvalue weighted by atomic mass is 16.5. The maximum Gasteiger partial charge on any atom is 0.119 e. The summed E-state index contributed by atoms with van der Waals surface area (Å²) < 4.78 is 12.7. The number of nitrogens with one attached hydrogen (secondary N) is 1. The SMILES string of the molecule is COc1ccc(-n2nc(C)c([C@@H]3C=C[C@@H](NCc4ccco4)C3)c2C)cc1. The van der Waals surface area contributed by atoms with Crippen LogP contribution in [0.5, 0.6) is 5.75 Å². The average Bonchev–Trinajstić information content (AvgIpc) is 3.41. The number of benzene rings is 1. The van der Waals surface area contributed by atoms with Gasteiger partial charge in [0.1, 0.15) is 11.5 Å². The monoisotopic (exact) mass is 363 g/mol. The number of nitrogens with zero attached hydrogens (tertiary/aromatic N) is 2. The summed E-state index contributed by atoms with van der Waals surface area (Å²) in [6.45, 7) is 4.99. The first-order valence-electron chi connectivity index (χ1n) is 9.30. The molecule has 1 aromatic carbocycles. The van der Waals surface area contributed by atoms with Gasteiger partial charge < -0.3 is 14.5 Å². The lowest BCUT2D eigenvalue weighted by Gasteiger charge is -2.14. The van der Waals surface area contributed by atoms with Crippen LogP contribution in [0.15, 0.2) is 59.2 Å². The van der Waals surface area contributed by atoms with Gasteiger partial charge in [-0.15, -0.1) is 0 Å². The molecule has 0 radical (unpaired) electrons. The molecule has 0 aliphatic heterocycles. The Balaban J connectivity index is 1.49. The predicted octanol–water partition coefficient (Wildman–Crippen LogP) is 4.29. The van der Waals surface area contributed by atoms with E-state index in [1.54, 1.807) is 13.4 Å². The van der Waals surface area contributed by atoms with Crippen LogP contribution in [-0.4, -0.2) is 22.9 Å². The van der Waals surface area contributed by atoms with Crippen molar-refractivity contribution < 1.29 is 9.15 Å². The molecule has 2 atom stereocenters. The molecule has 0 unspecified atom stereocenters. The highest BCUT2D eigenvalue weighted by molar-refractivity contribution is 5.43. The predicted molar refractivity (Wildman–Crippen MR) is 105 cm³/mol. The van der Waals surface area contributed by atoms with Crippen molar-refractivity contribution in [1.82, 2.24) is 15.1 Å². The Morgan fingerprint density at radius 3 is 2.70 bits per heavy atom. The molecule has 2 heterocycles. The van der Waals surface area contributed by atoms with Gasteiger partial charge in [-0.05, 0) is 56.7 Å². The van der Waals surface area contributed by atoms with E-state index in [-0.39, 0.29) is 0 Å². The number of methoxy groups -OCH3 is 1. The zero-order chi connectivity index (χ0) is 18.8. The van der Waals surface area contributed by atoms with E-state index in [2.05, 4.69) is 31.3 Å². The van der Waals surface area contributed by atoms with Gasteiger partial charge in [0.25, 0.3) is 0 Å². The number of hydrogen-bond donors (Lipinski definition) is 1. The van der Waals surface area contributed by atoms with Gasteiger partial charge in [0.15, 0.2) is 0 Å². The van der Waals surface area contributed by atoms with E-state index in [1.165, 1.54) is 11.3 Å². The van der Waals surface area contributed by atoms with E-state index >= 15 is 0 Å². The Morgan fingerprint density at radius 1 is 1.19 bits per heavy atom. The van der Waals surface area contributed by atoms with Crippen LogP contribution in [0.25, 0.3) is 5.69 Å². The van der Waals surface area contributed by atoms with Gasteiger partial charge in [-0.1, -0.05) is 12.2 Å². The molecule has 1 aliphatic carbocycles. The van der Waals surface area contributed by atoms with E-state index in [9.17, 15) is 0 Å². The first-order valence-corrected chi connectivity index (χ1v) is 9.30. The van der Waals surface area contributed by atoms with E-state index in [0.29, 0.717) is 12.0 Å². The number of ether oxygens (including phenoxy) is 1. The lowest BCUT2D eigenvalue weighted by atomic mass is 9.96. The molecule has 2 aromatic heterocycles. The lowest BCUT2D eigenvalue weighted by Crippen LogP contribution is -2.25. The van der Waals surface area contributed by atoms with Crippen molar-refractivity contribution in [1.29, 1.82) is 0 Å². The summed E-state index contributed by atoms with van der Waals surface area (Å²) in [4.78, 5) is 0. The van der Waals surface area contributed by atoms with Crippen molar-refractivity contribution in [3.05, 3.63) is 77.5 Å². The molecular formula is C22H25N3O2. The minimum Gasteiger partial charge on any atom is -0.497 e. The van der Waals surface area contributed by atoms with Crippen molar-refractivity contribution in [2.45, 2.75) is 38.8 Å². The van der Waals surface area contributed by atoms with Gasteiger partial charge in [-0.2, -0.15) is 5.10 Å². The maximum absolute atomic E-state index is 5.40. The van der Waals surface area contributed by atoms with E-state index < -0.39 is 0 Å². The van der Waals surface area contributed by atoms with Crippen LogP contribution in [0.2, 0.25) is 0 Å². The van der Waals surface area contributed by atoms with Crippen molar-refractivity contribution >= 4 is 0 Å². The molecule has 5 nitrogen and oxygen atoms in total. The van der Waals surface area contributed by atoms with Crippen LogP contribution in [0, 0.1) is 13.8 Å². The third kappa shape index (κ3) is 3.55. The fourth-order valence-electron chi connectivity index (χ4n) is 3.88. The number of aromatic nitrogens is 2. The molecule has 3 aromatic rings. The van der Waals surface area contributed by atoms with Crippen LogP contribution in [0.3, 0.4) is 0 Å². The average molecular weight is 363 g/mol. The van der Waals surface area contributed by atoms with Crippen molar-refractivity contribution in [3.63, 3.8) is 0 Å². The van der Waals surface area contributed by atoms with E-state index in [4.69, 9.17) is 14.3 Å². The summed E-state index contributed by atoms with van der Waals surface area (Å²) in [6.07, 6.45) is 7.31. The molecule has 4 rings (SSSR count). The van der Waals surface area contributed by atoms with Crippen LogP contribution in [0.1, 0.15) is 35.1 Å². The third-order valence-electron chi connectivity index (χ3n) is 5.24. The second kappa shape index (κ2) is 7.45. The first kappa shape index (κ1) is 17.6. The third-order valence-corrected chi connectivity index (χ3v) is 5.24. The number of rotatable bonds is 6. The molecule has 140 valence electrons. The quantitative estimate of drug-likeness (QED) is 0.664. The Kier molecular flexibility index (Phi) is 4.86. The van der Waals surface area contributed by atoms with Crippen molar-refractivity contribution in [2.75, 3.05) is 7.11 Å². The Labute approximate surface area is 159 Å². The van der Waals surface area contributed by atoms with Gasteiger partial charge in [0.05, 0.1) is 31.3 Å². The van der Waals surface area contributed by atoms with Crippen LogP contribution in [0.4, 0.5) is 0 Å². The topological polar surface area (TPSA) is 52.2 Å². The molecule has 0 amide bonds. The lowest BCUT2D eigenvalue weighted by molar-refractivity contribution is 0.414. The highest BCUT2D eigenvalue weighted by Crippen LogP contribution is 2.34. The van der Waals surface area contributed by atoms with Crippen molar-refractivity contribution in [2.24, 2.45) is 0 Å². The van der Waals surface area contributed by atoms with E-state index in [1.807, 2.05) is 41.1 Å². The standard InChI is InChI=1S/C22H25N3O2/c1-15-22(16(2)25(24-15)19-8-10-20(26-3)11-9-19)17-6-7-18(13-17)23-14-21-5-4-12-27-21/h4-12,17-18,23H,13-14H2,1-3H3/t17-,18-/m1/s1. The van der Waals surface area contributed by atoms with Crippen LogP contribution in [-0.2, 0) is 6.54 Å². The molecule has 0 saturated heterocycles. The largest absolute Gasteiger partial charge is 0.497 e. The molecule has 27 heavy (non-hydrogen) atoms. The second-order valence-electron chi connectivity index (χ2n) is 6.99. The van der Waals surface area contributed by atoms with Gasteiger partial charge in [-0.3, -0.25) is 0 Å². The Hall–Kier alpha value is -2.79. The van der Waals surface area contributed by atoms with Crippen LogP contribution < -0.4 is 10.1 Å². The Bertz CT molecular complexity index is 923. The minimum atomic E-state index is 0.350. The fourth-order valence-corrected chi connectivity index (χ4v) is 3.88. The van der Waals surface area contributed by atoms with Gasteiger partial charge in [0.2, 0.25) is 0 Å². The molecular weight excluding hydrogens is 338 g/mol. The number of aryl methyl sites for hydroxylation is 1. The number of furan rings is 1. The summed E-state index contributed by atoms with van der Waals surface area (Å²) in [7, 11) is 1.68. The zero-order valence-electron chi connectivity index (χ0n) is 16.0. The molecule has 1 N–H and O–H groups in total. The second-order valence-corrected chi connectivity index (χ2v) is 6.99. The van der Waals surface area contributed by atoms with Crippen molar-refractivity contribution in [3.8, 4) is 11.4 Å². The van der Waals surface area contributed by atoms with Gasteiger partial charge >= 0.3 is 0 Å². The first-order chi connectivity index (χ1) is 13.2. The Morgan fingerprint density at radius 2 is 2.00 bits per heavy atom. The zero-order valence-corrected chi connectivity index (χ0v) is 16.0. The molecule has 5 heteroatoms. The molecule has 1 aliphatic rings. The smallest absolute Gasteiger partial charge is 0.119 e. The summed E-state index contributed by atoms with van der Waals surface area (Å²) in [5, 5.41) is 8.35. The normalized spacial score (nSPS) is 18.9. The summed E-state index contributed by atoms with van der Waals surface area (Å²) in [5.41, 5.74) is 4.66. The van der Waals surface area contributed by atoms with E-state index in [0.717, 1.165) is 35.9 Å². The molecule has 0 saturated carbocycles. The molecule has 0 fully saturated rings. The molecule has 0 spiro atoms. The highest BCUT2D eigenvalue weighted by Gasteiger charge is 2.26. The van der Waals surface area contributed by atoms with Crippen LogP contribution >= 0.6 is 0 Å². The summed E-state index contributed by atoms with van der Waals surface area (Å²) in [6, 6.07) is 12.3. The maximum atomic E-state index is 5.40. The number of allylic oxidation sites excluding steroid dienone is 1. The number of hydrogen-bond acceptors (Lipinski definition) is 4.